The van der Waals surface area contributed by atoms with Gasteiger partial charge in [0.2, 0.25) is 0 Å². The Morgan fingerprint density at radius 2 is 2.16 bits per heavy atom. The maximum atomic E-state index is 10.7. The molecule has 0 saturated heterocycles. The second-order valence-corrected chi connectivity index (χ2v) is 4.71. The lowest BCUT2D eigenvalue weighted by molar-refractivity contribution is -0.138. The summed E-state index contributed by atoms with van der Waals surface area (Å²) in [6.07, 6.45) is 0. The molecule has 1 N–H and O–H groups in total. The van der Waals surface area contributed by atoms with E-state index in [0.29, 0.717) is 42.8 Å². The van der Waals surface area contributed by atoms with Crippen LogP contribution in [0.25, 0.3) is 0 Å². The van der Waals surface area contributed by atoms with Gasteiger partial charge in [0.05, 0.1) is 11.6 Å². The summed E-state index contributed by atoms with van der Waals surface area (Å²) in [7, 11) is 0. The van der Waals surface area contributed by atoms with Gasteiger partial charge in [-0.2, -0.15) is 0 Å². The second kappa shape index (κ2) is 6.12. The van der Waals surface area contributed by atoms with Gasteiger partial charge in [-0.1, -0.05) is 18.5 Å². The van der Waals surface area contributed by atoms with E-state index >= 15 is 0 Å². The lowest BCUT2D eigenvalue weighted by Gasteiger charge is -2.22. The predicted octanol–water partition coefficient (Wildman–Crippen LogP) is 2.02. The summed E-state index contributed by atoms with van der Waals surface area (Å²) in [6, 6.07) is 3.64. The lowest BCUT2D eigenvalue weighted by atomic mass is 10.1. The first-order valence-electron chi connectivity index (χ1n) is 6.12. The smallest absolute Gasteiger partial charge is 0.317 e. The number of ether oxygens (including phenoxy) is 2. The largest absolute Gasteiger partial charge is 0.486 e. The van der Waals surface area contributed by atoms with Crippen molar-refractivity contribution in [3.8, 4) is 11.5 Å². The monoisotopic (exact) mass is 285 g/mol. The third kappa shape index (κ3) is 3.52. The van der Waals surface area contributed by atoms with Crippen LogP contribution in [0.4, 0.5) is 0 Å². The maximum absolute atomic E-state index is 10.7. The molecule has 0 fully saturated rings. The van der Waals surface area contributed by atoms with E-state index in [1.165, 1.54) is 0 Å². The molecule has 19 heavy (non-hydrogen) atoms. The van der Waals surface area contributed by atoms with Crippen LogP contribution in [0.5, 0.6) is 11.5 Å². The Labute approximate surface area is 116 Å². The van der Waals surface area contributed by atoms with Gasteiger partial charge in [0, 0.05) is 6.54 Å². The molecule has 1 aliphatic rings. The Morgan fingerprint density at radius 3 is 2.84 bits per heavy atom. The van der Waals surface area contributed by atoms with Gasteiger partial charge in [-0.25, -0.2) is 0 Å². The summed E-state index contributed by atoms with van der Waals surface area (Å²) in [6.45, 7) is 4.08. The van der Waals surface area contributed by atoms with E-state index in [4.69, 9.17) is 26.2 Å². The molecular formula is C13H16ClNO4. The molecule has 1 aromatic rings. The van der Waals surface area contributed by atoms with E-state index in [9.17, 15) is 4.79 Å². The molecule has 1 aromatic carbocycles. The van der Waals surface area contributed by atoms with Crippen LogP contribution in [0, 0.1) is 0 Å². The van der Waals surface area contributed by atoms with Gasteiger partial charge < -0.3 is 14.6 Å². The number of carbonyl (C=O) groups is 1. The highest BCUT2D eigenvalue weighted by Crippen LogP contribution is 2.38. The number of benzene rings is 1. The Bertz CT molecular complexity index is 478. The third-order valence-electron chi connectivity index (χ3n) is 2.87. The zero-order valence-corrected chi connectivity index (χ0v) is 11.4. The van der Waals surface area contributed by atoms with Crippen LogP contribution in [0.15, 0.2) is 12.1 Å². The minimum atomic E-state index is -0.842. The van der Waals surface area contributed by atoms with Gasteiger partial charge in [-0.05, 0) is 24.2 Å². The van der Waals surface area contributed by atoms with Gasteiger partial charge >= 0.3 is 5.97 Å². The lowest BCUT2D eigenvalue weighted by Crippen LogP contribution is -2.29. The number of fused-ring (bicyclic) bond motifs is 1. The topological polar surface area (TPSA) is 59.0 Å². The molecule has 2 rings (SSSR count). The van der Waals surface area contributed by atoms with Crippen LogP contribution in [0.2, 0.25) is 5.02 Å². The molecule has 1 aliphatic heterocycles. The molecule has 0 spiro atoms. The van der Waals surface area contributed by atoms with Gasteiger partial charge in [-0.3, -0.25) is 9.69 Å². The number of rotatable bonds is 5. The van der Waals surface area contributed by atoms with Crippen LogP contribution in [-0.4, -0.2) is 42.3 Å². The Balaban J connectivity index is 2.16. The molecule has 0 bridgehead atoms. The molecule has 1 heterocycles. The van der Waals surface area contributed by atoms with Crippen molar-refractivity contribution in [1.29, 1.82) is 0 Å². The highest BCUT2D eigenvalue weighted by molar-refractivity contribution is 6.32. The van der Waals surface area contributed by atoms with E-state index in [1.807, 2.05) is 17.9 Å². The molecule has 0 aromatic heterocycles. The van der Waals surface area contributed by atoms with Crippen LogP contribution in [0.1, 0.15) is 12.5 Å². The quantitative estimate of drug-likeness (QED) is 0.897. The Hall–Kier alpha value is -1.46. The van der Waals surface area contributed by atoms with Gasteiger partial charge in [-0.15, -0.1) is 0 Å². The van der Waals surface area contributed by atoms with Crippen molar-refractivity contribution >= 4 is 17.6 Å². The highest BCUT2D eigenvalue weighted by atomic mass is 35.5. The summed E-state index contributed by atoms with van der Waals surface area (Å²) >= 11 is 6.14. The van der Waals surface area contributed by atoms with E-state index in [2.05, 4.69) is 0 Å². The fraction of sp³-hybridized carbons (Fsp3) is 0.462. The van der Waals surface area contributed by atoms with E-state index in [-0.39, 0.29) is 6.54 Å². The normalized spacial score (nSPS) is 13.6. The average Bonchev–Trinajstić information content (AvgIpc) is 2.37. The number of likely N-dealkylation sites (N-methyl/N-ethyl adjacent to an activating group) is 1. The first-order chi connectivity index (χ1) is 9.10. The van der Waals surface area contributed by atoms with Crippen molar-refractivity contribution in [1.82, 2.24) is 4.90 Å². The number of nitrogens with zero attached hydrogens (tertiary/aromatic N) is 1. The van der Waals surface area contributed by atoms with Crippen molar-refractivity contribution in [3.05, 3.63) is 22.7 Å². The fourth-order valence-corrected chi connectivity index (χ4v) is 2.27. The molecule has 0 unspecified atom stereocenters. The molecule has 0 radical (unpaired) electrons. The van der Waals surface area contributed by atoms with Crippen LogP contribution < -0.4 is 9.47 Å². The number of hydrogen-bond donors (Lipinski definition) is 1. The predicted molar refractivity (Wildman–Crippen MR) is 71.0 cm³/mol. The summed E-state index contributed by atoms with van der Waals surface area (Å²) in [4.78, 5) is 12.6. The van der Waals surface area contributed by atoms with E-state index < -0.39 is 5.97 Å². The zero-order valence-electron chi connectivity index (χ0n) is 10.7. The van der Waals surface area contributed by atoms with Gasteiger partial charge in [0.25, 0.3) is 0 Å². The summed E-state index contributed by atoms with van der Waals surface area (Å²) in [5.74, 6) is 0.351. The second-order valence-electron chi connectivity index (χ2n) is 4.30. The van der Waals surface area contributed by atoms with Crippen LogP contribution in [0.3, 0.4) is 0 Å². The maximum Gasteiger partial charge on any atom is 0.317 e. The first kappa shape index (κ1) is 14.0. The third-order valence-corrected chi connectivity index (χ3v) is 3.15. The number of halogens is 1. The van der Waals surface area contributed by atoms with Crippen molar-refractivity contribution in [3.63, 3.8) is 0 Å². The summed E-state index contributed by atoms with van der Waals surface area (Å²) in [5.41, 5.74) is 0.914. The first-order valence-corrected chi connectivity index (χ1v) is 6.50. The minimum Gasteiger partial charge on any atom is -0.486 e. The highest BCUT2D eigenvalue weighted by Gasteiger charge is 2.18. The van der Waals surface area contributed by atoms with Crippen LogP contribution in [-0.2, 0) is 11.3 Å². The van der Waals surface area contributed by atoms with Crippen molar-refractivity contribution < 1.29 is 19.4 Å². The van der Waals surface area contributed by atoms with Gasteiger partial charge in [0.1, 0.15) is 13.2 Å². The molecule has 0 atom stereocenters. The number of hydrogen-bond acceptors (Lipinski definition) is 4. The van der Waals surface area contributed by atoms with E-state index in [0.717, 1.165) is 5.56 Å². The fourth-order valence-electron chi connectivity index (χ4n) is 1.98. The van der Waals surface area contributed by atoms with Crippen molar-refractivity contribution in [2.45, 2.75) is 13.5 Å². The molecule has 5 nitrogen and oxygen atoms in total. The molecule has 0 amide bonds. The Kier molecular flexibility index (Phi) is 4.50. The summed E-state index contributed by atoms with van der Waals surface area (Å²) < 4.78 is 10.9. The summed E-state index contributed by atoms with van der Waals surface area (Å²) in [5, 5.41) is 9.33. The molecule has 6 heteroatoms. The average molecular weight is 286 g/mol. The molecule has 0 saturated carbocycles. The van der Waals surface area contributed by atoms with Crippen molar-refractivity contribution in [2.75, 3.05) is 26.3 Å². The van der Waals surface area contributed by atoms with E-state index in [1.54, 1.807) is 6.07 Å². The zero-order chi connectivity index (χ0) is 13.8. The van der Waals surface area contributed by atoms with Crippen LogP contribution >= 0.6 is 11.6 Å². The number of carboxylic acids is 1. The molecule has 0 aliphatic carbocycles. The number of aliphatic carboxylic acids is 1. The SMILES string of the molecule is CCN(CC(=O)O)Cc1cc(Cl)c2c(c1)OCCO2. The minimum absolute atomic E-state index is 0.00254. The van der Waals surface area contributed by atoms with Gasteiger partial charge in [0.15, 0.2) is 11.5 Å². The molecular weight excluding hydrogens is 270 g/mol. The standard InChI is InChI=1S/C13H16ClNO4/c1-2-15(8-12(16)17)7-9-5-10(14)13-11(6-9)18-3-4-19-13/h5-6H,2-4,7-8H2,1H3,(H,16,17). The molecule has 104 valence electrons. The number of carboxylic acid groups (broad SMARTS) is 1. The Morgan fingerprint density at radius 1 is 1.42 bits per heavy atom. The van der Waals surface area contributed by atoms with Crippen molar-refractivity contribution in [2.24, 2.45) is 0 Å².